The highest BCUT2D eigenvalue weighted by atomic mass is 32.2. The van der Waals surface area contributed by atoms with Crippen molar-refractivity contribution >= 4 is 15.8 Å². The molecular formula is C12H16FN3O2S. The zero-order valence-corrected chi connectivity index (χ0v) is 11.6. The number of guanidine groups is 1. The average molecular weight is 285 g/mol. The van der Waals surface area contributed by atoms with Crippen LogP contribution >= 0.6 is 0 Å². The van der Waals surface area contributed by atoms with Crippen molar-refractivity contribution in [1.82, 2.24) is 10.6 Å². The molecule has 0 amide bonds. The molecule has 7 heteroatoms. The first-order valence-electron chi connectivity index (χ1n) is 5.89. The van der Waals surface area contributed by atoms with Crippen molar-refractivity contribution in [2.75, 3.05) is 12.8 Å². The summed E-state index contributed by atoms with van der Waals surface area (Å²) >= 11 is 0. The van der Waals surface area contributed by atoms with E-state index >= 15 is 0 Å². The molecule has 0 aromatic heterocycles. The summed E-state index contributed by atoms with van der Waals surface area (Å²) in [5.74, 6) is 0.170. The van der Waals surface area contributed by atoms with E-state index in [-0.39, 0.29) is 17.5 Å². The van der Waals surface area contributed by atoms with E-state index in [0.29, 0.717) is 18.1 Å². The van der Waals surface area contributed by atoms with Crippen LogP contribution < -0.4 is 10.6 Å². The molecule has 104 valence electrons. The summed E-state index contributed by atoms with van der Waals surface area (Å²) in [6.07, 6.45) is 1.10. The van der Waals surface area contributed by atoms with Crippen molar-refractivity contribution in [2.45, 2.75) is 24.4 Å². The lowest BCUT2D eigenvalue weighted by Gasteiger charge is -2.10. The Morgan fingerprint density at radius 2 is 2.26 bits per heavy atom. The molecule has 0 fully saturated rings. The Hall–Kier alpha value is -1.63. The van der Waals surface area contributed by atoms with Crippen molar-refractivity contribution in [3.63, 3.8) is 0 Å². The van der Waals surface area contributed by atoms with Gasteiger partial charge < -0.3 is 10.6 Å². The predicted octanol–water partition coefficient (Wildman–Crippen LogP) is 0.666. The van der Waals surface area contributed by atoms with Crippen molar-refractivity contribution < 1.29 is 12.8 Å². The van der Waals surface area contributed by atoms with Crippen molar-refractivity contribution in [3.05, 3.63) is 29.6 Å². The second-order valence-electron chi connectivity index (χ2n) is 4.61. The van der Waals surface area contributed by atoms with Gasteiger partial charge in [-0.15, -0.1) is 0 Å². The van der Waals surface area contributed by atoms with Crippen LogP contribution in [0.4, 0.5) is 4.39 Å². The van der Waals surface area contributed by atoms with E-state index in [1.54, 1.807) is 0 Å². The summed E-state index contributed by atoms with van der Waals surface area (Å²) in [5.41, 5.74) is 0.298. The minimum absolute atomic E-state index is 0.111. The van der Waals surface area contributed by atoms with E-state index in [1.165, 1.54) is 18.2 Å². The first-order chi connectivity index (χ1) is 8.86. The van der Waals surface area contributed by atoms with E-state index in [2.05, 4.69) is 15.6 Å². The smallest absolute Gasteiger partial charge is 0.191 e. The molecule has 0 bridgehead atoms. The van der Waals surface area contributed by atoms with Gasteiger partial charge in [-0.1, -0.05) is 0 Å². The highest BCUT2D eigenvalue weighted by Crippen LogP contribution is 2.15. The zero-order chi connectivity index (χ0) is 14.0. The van der Waals surface area contributed by atoms with E-state index < -0.39 is 15.7 Å². The Balaban J connectivity index is 2.12. The van der Waals surface area contributed by atoms with Crippen LogP contribution in [-0.2, 0) is 16.4 Å². The average Bonchev–Trinajstić information content (AvgIpc) is 2.72. The molecule has 1 aliphatic heterocycles. The van der Waals surface area contributed by atoms with Crippen molar-refractivity contribution in [1.29, 1.82) is 0 Å². The minimum atomic E-state index is -3.33. The van der Waals surface area contributed by atoms with Crippen LogP contribution in [-0.4, -0.2) is 33.2 Å². The largest absolute Gasteiger partial charge is 0.352 e. The maximum Gasteiger partial charge on any atom is 0.191 e. The van der Waals surface area contributed by atoms with Gasteiger partial charge in [0.25, 0.3) is 0 Å². The molecular weight excluding hydrogens is 269 g/mol. The van der Waals surface area contributed by atoms with Gasteiger partial charge in [-0.3, -0.25) is 4.99 Å². The summed E-state index contributed by atoms with van der Waals surface area (Å²) in [6.45, 7) is 2.85. The Morgan fingerprint density at radius 1 is 1.53 bits per heavy atom. The highest BCUT2D eigenvalue weighted by Gasteiger charge is 2.14. The van der Waals surface area contributed by atoms with Crippen molar-refractivity contribution in [2.24, 2.45) is 4.99 Å². The van der Waals surface area contributed by atoms with E-state index in [9.17, 15) is 12.8 Å². The summed E-state index contributed by atoms with van der Waals surface area (Å²) in [4.78, 5) is 4.30. The monoisotopic (exact) mass is 285 g/mol. The van der Waals surface area contributed by atoms with Crippen LogP contribution in [0.2, 0.25) is 0 Å². The number of halogens is 1. The number of benzene rings is 1. The number of aliphatic imine (C=N–C) groups is 1. The van der Waals surface area contributed by atoms with Gasteiger partial charge in [-0.05, 0) is 25.1 Å². The summed E-state index contributed by atoms with van der Waals surface area (Å²) in [7, 11) is -3.33. The first-order valence-corrected chi connectivity index (χ1v) is 7.79. The molecule has 0 saturated heterocycles. The standard InChI is InChI=1S/C12H16FN3O2S/c1-8-6-14-12(16-8)15-7-9-5-10(19(2,17)18)3-4-11(9)13/h3-5,8H,6-7H2,1-2H3,(H2,14,15,16). The second kappa shape index (κ2) is 5.16. The Bertz CT molecular complexity index is 613. The molecule has 1 atom stereocenters. The topological polar surface area (TPSA) is 70.6 Å². The number of sulfone groups is 1. The van der Waals surface area contributed by atoms with Gasteiger partial charge in [0.15, 0.2) is 15.8 Å². The Labute approximate surface area is 111 Å². The maximum absolute atomic E-state index is 13.6. The Morgan fingerprint density at radius 3 is 2.84 bits per heavy atom. The molecule has 19 heavy (non-hydrogen) atoms. The SMILES string of the molecule is CC1CN=C(NCc2cc(S(C)(=O)=O)ccc2F)N1. The predicted molar refractivity (Wildman–Crippen MR) is 71.2 cm³/mol. The van der Waals surface area contributed by atoms with Gasteiger partial charge >= 0.3 is 0 Å². The number of hydrogen-bond acceptors (Lipinski definition) is 5. The number of nitrogens with zero attached hydrogens (tertiary/aromatic N) is 1. The molecule has 1 unspecified atom stereocenters. The molecule has 1 aromatic carbocycles. The molecule has 1 heterocycles. The number of hydrogen-bond donors (Lipinski definition) is 2. The maximum atomic E-state index is 13.6. The lowest BCUT2D eigenvalue weighted by Crippen LogP contribution is -2.37. The van der Waals surface area contributed by atoms with Crippen LogP contribution in [0.1, 0.15) is 12.5 Å². The fourth-order valence-electron chi connectivity index (χ4n) is 1.76. The third-order valence-electron chi connectivity index (χ3n) is 2.80. The van der Waals surface area contributed by atoms with Gasteiger partial charge in [-0.25, -0.2) is 12.8 Å². The fraction of sp³-hybridized carbons (Fsp3) is 0.417. The lowest BCUT2D eigenvalue weighted by molar-refractivity contribution is 0.594. The number of nitrogens with one attached hydrogen (secondary N) is 2. The molecule has 1 aromatic rings. The normalized spacial score (nSPS) is 18.9. The van der Waals surface area contributed by atoms with Gasteiger partial charge in [0, 0.05) is 24.4 Å². The summed E-state index contributed by atoms with van der Waals surface area (Å²) in [5, 5.41) is 6.04. The quantitative estimate of drug-likeness (QED) is 0.801. The van der Waals surface area contributed by atoms with E-state index in [4.69, 9.17) is 0 Å². The molecule has 0 spiro atoms. The minimum Gasteiger partial charge on any atom is -0.352 e. The van der Waals surface area contributed by atoms with E-state index in [1.807, 2.05) is 6.92 Å². The molecule has 0 aliphatic carbocycles. The van der Waals surface area contributed by atoms with E-state index in [0.717, 1.165) is 6.26 Å². The van der Waals surface area contributed by atoms with Crippen LogP contribution in [0.5, 0.6) is 0 Å². The fourth-order valence-corrected chi connectivity index (χ4v) is 2.43. The zero-order valence-electron chi connectivity index (χ0n) is 10.8. The Kier molecular flexibility index (Phi) is 3.75. The molecule has 2 rings (SSSR count). The summed E-state index contributed by atoms with van der Waals surface area (Å²) in [6, 6.07) is 4.03. The second-order valence-corrected chi connectivity index (χ2v) is 6.63. The van der Waals surface area contributed by atoms with Gasteiger partial charge in [-0.2, -0.15) is 0 Å². The van der Waals surface area contributed by atoms with Gasteiger partial charge in [0.05, 0.1) is 11.4 Å². The first kappa shape index (κ1) is 13.8. The molecule has 2 N–H and O–H groups in total. The van der Waals surface area contributed by atoms with Gasteiger partial charge in [0.1, 0.15) is 5.82 Å². The highest BCUT2D eigenvalue weighted by molar-refractivity contribution is 7.90. The van der Waals surface area contributed by atoms with Crippen LogP contribution in [0.25, 0.3) is 0 Å². The van der Waals surface area contributed by atoms with Crippen LogP contribution in [0.3, 0.4) is 0 Å². The molecule has 0 radical (unpaired) electrons. The molecule has 5 nitrogen and oxygen atoms in total. The van der Waals surface area contributed by atoms with Crippen LogP contribution in [0.15, 0.2) is 28.1 Å². The number of rotatable bonds is 3. The molecule has 1 aliphatic rings. The third-order valence-corrected chi connectivity index (χ3v) is 3.91. The molecule has 0 saturated carbocycles. The third kappa shape index (κ3) is 3.44. The van der Waals surface area contributed by atoms with Gasteiger partial charge in [0.2, 0.25) is 0 Å². The lowest BCUT2D eigenvalue weighted by atomic mass is 10.2. The van der Waals surface area contributed by atoms with Crippen LogP contribution in [0, 0.1) is 5.82 Å². The summed E-state index contributed by atoms with van der Waals surface area (Å²) < 4.78 is 36.5. The van der Waals surface area contributed by atoms with Crippen molar-refractivity contribution in [3.8, 4) is 0 Å².